The van der Waals surface area contributed by atoms with Gasteiger partial charge in [-0.1, -0.05) is 28.1 Å². The van der Waals surface area contributed by atoms with Gasteiger partial charge in [0.25, 0.3) is 5.91 Å². The van der Waals surface area contributed by atoms with Crippen molar-refractivity contribution in [3.05, 3.63) is 58.6 Å². The molecule has 0 fully saturated rings. The average molecular weight is 436 g/mol. The molecule has 144 valence electrons. The normalized spacial score (nSPS) is 10.2. The Balaban J connectivity index is 1.71. The van der Waals surface area contributed by atoms with Crippen molar-refractivity contribution in [2.75, 3.05) is 26.9 Å². The first-order valence-electron chi connectivity index (χ1n) is 8.47. The molecule has 0 aliphatic carbocycles. The molecule has 0 aromatic heterocycles. The fourth-order valence-electron chi connectivity index (χ4n) is 2.19. The summed E-state index contributed by atoms with van der Waals surface area (Å²) >= 11 is 3.32. The van der Waals surface area contributed by atoms with Crippen LogP contribution in [0, 0.1) is 0 Å². The van der Waals surface area contributed by atoms with Crippen LogP contribution in [0.5, 0.6) is 11.5 Å². The Kier molecular flexibility index (Phi) is 8.13. The smallest absolute Gasteiger partial charge is 0.344 e. The number of hydrogen-bond acceptors (Lipinski definition) is 5. The van der Waals surface area contributed by atoms with Crippen molar-refractivity contribution in [2.45, 2.75) is 13.5 Å². The number of carbonyl (C=O) groups is 2. The van der Waals surface area contributed by atoms with Crippen LogP contribution in [0.25, 0.3) is 0 Å². The first-order chi connectivity index (χ1) is 13.0. The minimum atomic E-state index is -0.597. The summed E-state index contributed by atoms with van der Waals surface area (Å²) in [5, 5.41) is 0. The van der Waals surface area contributed by atoms with Gasteiger partial charge in [0.1, 0.15) is 11.5 Å². The third kappa shape index (κ3) is 7.30. The van der Waals surface area contributed by atoms with Crippen molar-refractivity contribution in [1.29, 1.82) is 0 Å². The zero-order chi connectivity index (χ0) is 19.6. The SMILES string of the molecule is CCOc1ccc(CN(C)C(=O)COC(=O)COc2ccc(Br)cc2)cc1. The van der Waals surface area contributed by atoms with Crippen LogP contribution in [0.15, 0.2) is 53.0 Å². The van der Waals surface area contributed by atoms with Gasteiger partial charge in [-0.25, -0.2) is 4.79 Å². The average Bonchev–Trinajstić information content (AvgIpc) is 2.67. The lowest BCUT2D eigenvalue weighted by atomic mass is 10.2. The lowest BCUT2D eigenvalue weighted by molar-refractivity contribution is -0.153. The molecule has 0 radical (unpaired) electrons. The molecule has 0 atom stereocenters. The van der Waals surface area contributed by atoms with Crippen LogP contribution in [0.3, 0.4) is 0 Å². The van der Waals surface area contributed by atoms with E-state index in [-0.39, 0.29) is 19.1 Å². The third-order valence-corrected chi connectivity index (χ3v) is 4.14. The molecule has 0 aliphatic rings. The van der Waals surface area contributed by atoms with E-state index in [4.69, 9.17) is 14.2 Å². The second-order valence-corrected chi connectivity index (χ2v) is 6.65. The van der Waals surface area contributed by atoms with E-state index in [0.717, 1.165) is 15.8 Å². The topological polar surface area (TPSA) is 65.1 Å². The zero-order valence-electron chi connectivity index (χ0n) is 15.3. The molecule has 2 rings (SSSR count). The van der Waals surface area contributed by atoms with Gasteiger partial charge in [-0.2, -0.15) is 0 Å². The molecule has 0 heterocycles. The van der Waals surface area contributed by atoms with E-state index in [1.807, 2.05) is 31.2 Å². The molecular formula is C20H22BrNO5. The van der Waals surface area contributed by atoms with Crippen LogP contribution in [0.1, 0.15) is 12.5 Å². The van der Waals surface area contributed by atoms with Crippen molar-refractivity contribution >= 4 is 27.8 Å². The molecule has 0 aliphatic heterocycles. The Morgan fingerprint density at radius 2 is 1.52 bits per heavy atom. The van der Waals surface area contributed by atoms with Gasteiger partial charge < -0.3 is 19.1 Å². The number of nitrogens with zero attached hydrogens (tertiary/aromatic N) is 1. The van der Waals surface area contributed by atoms with Crippen LogP contribution < -0.4 is 9.47 Å². The maximum absolute atomic E-state index is 12.1. The summed E-state index contributed by atoms with van der Waals surface area (Å²) in [5.74, 6) is 0.450. The second-order valence-electron chi connectivity index (χ2n) is 5.73. The maximum Gasteiger partial charge on any atom is 0.344 e. The van der Waals surface area contributed by atoms with Crippen LogP contribution >= 0.6 is 15.9 Å². The number of benzene rings is 2. The van der Waals surface area contributed by atoms with Crippen molar-refractivity contribution in [1.82, 2.24) is 4.90 Å². The Morgan fingerprint density at radius 1 is 0.926 bits per heavy atom. The monoisotopic (exact) mass is 435 g/mol. The van der Waals surface area contributed by atoms with Crippen LogP contribution in [-0.2, 0) is 20.9 Å². The van der Waals surface area contributed by atoms with Gasteiger partial charge in [-0.15, -0.1) is 0 Å². The summed E-state index contributed by atoms with van der Waals surface area (Å²) in [4.78, 5) is 25.3. The summed E-state index contributed by atoms with van der Waals surface area (Å²) in [6.07, 6.45) is 0. The molecule has 6 nitrogen and oxygen atoms in total. The molecule has 0 unspecified atom stereocenters. The Morgan fingerprint density at radius 3 is 2.15 bits per heavy atom. The Bertz CT molecular complexity index is 746. The number of ether oxygens (including phenoxy) is 3. The number of hydrogen-bond donors (Lipinski definition) is 0. The van der Waals surface area contributed by atoms with Crippen molar-refractivity contribution in [3.63, 3.8) is 0 Å². The van der Waals surface area contributed by atoms with Crippen LogP contribution in [0.4, 0.5) is 0 Å². The van der Waals surface area contributed by atoms with Gasteiger partial charge in [0.2, 0.25) is 0 Å². The molecule has 27 heavy (non-hydrogen) atoms. The maximum atomic E-state index is 12.1. The molecule has 2 aromatic carbocycles. The first kappa shape index (κ1) is 20.8. The van der Waals surface area contributed by atoms with E-state index in [1.165, 1.54) is 4.90 Å². The molecule has 2 aromatic rings. The van der Waals surface area contributed by atoms with E-state index >= 15 is 0 Å². The Hall–Kier alpha value is -2.54. The van der Waals surface area contributed by atoms with Crippen LogP contribution in [-0.4, -0.2) is 43.6 Å². The van der Waals surface area contributed by atoms with E-state index in [1.54, 1.807) is 31.3 Å². The van der Waals surface area contributed by atoms with Gasteiger partial charge in [-0.3, -0.25) is 4.79 Å². The predicted octanol–water partition coefficient (Wildman–Crippen LogP) is 3.43. The fraction of sp³-hybridized carbons (Fsp3) is 0.300. The highest BCUT2D eigenvalue weighted by Crippen LogP contribution is 2.16. The molecule has 0 N–H and O–H groups in total. The fourth-order valence-corrected chi connectivity index (χ4v) is 2.45. The molecule has 7 heteroatoms. The number of carbonyl (C=O) groups excluding carboxylic acids is 2. The molecular weight excluding hydrogens is 414 g/mol. The number of esters is 1. The lowest BCUT2D eigenvalue weighted by Gasteiger charge is -2.17. The van der Waals surface area contributed by atoms with Gasteiger partial charge in [-0.05, 0) is 48.9 Å². The molecule has 0 saturated heterocycles. The third-order valence-electron chi connectivity index (χ3n) is 3.61. The van der Waals surface area contributed by atoms with Gasteiger partial charge >= 0.3 is 5.97 Å². The van der Waals surface area contributed by atoms with Crippen molar-refractivity contribution < 1.29 is 23.8 Å². The summed E-state index contributed by atoms with van der Waals surface area (Å²) in [7, 11) is 1.66. The lowest BCUT2D eigenvalue weighted by Crippen LogP contribution is -2.31. The highest BCUT2D eigenvalue weighted by Gasteiger charge is 2.13. The highest BCUT2D eigenvalue weighted by molar-refractivity contribution is 9.10. The number of rotatable bonds is 9. The van der Waals surface area contributed by atoms with E-state index in [0.29, 0.717) is 18.9 Å². The number of amides is 1. The molecule has 0 bridgehead atoms. The number of halogens is 1. The van der Waals surface area contributed by atoms with E-state index in [2.05, 4.69) is 15.9 Å². The quantitative estimate of drug-likeness (QED) is 0.564. The first-order valence-corrected chi connectivity index (χ1v) is 9.27. The van der Waals surface area contributed by atoms with Gasteiger partial charge in [0, 0.05) is 18.1 Å². The van der Waals surface area contributed by atoms with Crippen LogP contribution in [0.2, 0.25) is 0 Å². The van der Waals surface area contributed by atoms with Gasteiger partial charge in [0.05, 0.1) is 6.61 Å². The molecule has 0 spiro atoms. The highest BCUT2D eigenvalue weighted by atomic mass is 79.9. The van der Waals surface area contributed by atoms with Gasteiger partial charge in [0.15, 0.2) is 13.2 Å². The summed E-state index contributed by atoms with van der Waals surface area (Å²) in [6.45, 7) is 2.37. The number of likely N-dealkylation sites (N-methyl/N-ethyl adjacent to an activating group) is 1. The molecule has 1 amide bonds. The zero-order valence-corrected chi connectivity index (χ0v) is 16.9. The minimum Gasteiger partial charge on any atom is -0.494 e. The minimum absolute atomic E-state index is 0.252. The van der Waals surface area contributed by atoms with E-state index < -0.39 is 5.97 Å². The summed E-state index contributed by atoms with van der Waals surface area (Å²) in [5.41, 5.74) is 0.958. The summed E-state index contributed by atoms with van der Waals surface area (Å²) < 4.78 is 16.6. The standard InChI is InChI=1S/C20H22BrNO5/c1-3-25-17-8-4-15(5-9-17)12-22(2)19(23)13-27-20(24)14-26-18-10-6-16(21)7-11-18/h4-11H,3,12-14H2,1-2H3. The predicted molar refractivity (Wildman–Crippen MR) is 105 cm³/mol. The second kappa shape index (κ2) is 10.6. The molecule has 0 saturated carbocycles. The van der Waals surface area contributed by atoms with Crippen molar-refractivity contribution in [2.24, 2.45) is 0 Å². The Labute approximate surface area is 167 Å². The largest absolute Gasteiger partial charge is 0.494 e. The summed E-state index contributed by atoms with van der Waals surface area (Å²) in [6, 6.07) is 14.6. The van der Waals surface area contributed by atoms with Crippen molar-refractivity contribution in [3.8, 4) is 11.5 Å². The van der Waals surface area contributed by atoms with E-state index in [9.17, 15) is 9.59 Å².